The predicted molar refractivity (Wildman–Crippen MR) is 120 cm³/mol. The van der Waals surface area contributed by atoms with Crippen LogP contribution in [-0.2, 0) is 34.7 Å². The Hall–Kier alpha value is -1.04. The number of aliphatic hydroxyl groups excluding tert-OH is 1. The van der Waals surface area contributed by atoms with Crippen molar-refractivity contribution in [1.82, 2.24) is 4.90 Å². The minimum Gasteiger partial charge on any atom is -0.427 e. The number of hydrogen-bond donors (Lipinski definition) is 1. The summed E-state index contributed by atoms with van der Waals surface area (Å²) in [6.07, 6.45) is 1.41. The van der Waals surface area contributed by atoms with E-state index in [1.807, 2.05) is 6.92 Å². The molecule has 31 heavy (non-hydrogen) atoms. The molecule has 11 heteroatoms. The van der Waals surface area contributed by atoms with Crippen LogP contribution in [0.4, 0.5) is 0 Å². The van der Waals surface area contributed by atoms with E-state index in [9.17, 15) is 23.7 Å². The molecule has 0 saturated carbocycles. The van der Waals surface area contributed by atoms with E-state index < -0.39 is 47.0 Å². The molecule has 8 nitrogen and oxygen atoms in total. The number of fused-ring (bicyclic) bond motifs is 1. The van der Waals surface area contributed by atoms with Crippen molar-refractivity contribution in [3.8, 4) is 0 Å². The van der Waals surface area contributed by atoms with Crippen LogP contribution in [0.5, 0.6) is 0 Å². The molecule has 3 aliphatic heterocycles. The second-order valence-electron chi connectivity index (χ2n) is 8.57. The number of β-lactam (4-membered cyclic amide) rings is 1. The van der Waals surface area contributed by atoms with Gasteiger partial charge >= 0.3 is 11.9 Å². The van der Waals surface area contributed by atoms with Crippen LogP contribution < -0.4 is 0 Å². The zero-order valence-corrected chi connectivity index (χ0v) is 20.6. The van der Waals surface area contributed by atoms with Crippen molar-refractivity contribution in [2.45, 2.75) is 63.7 Å². The Kier molecular flexibility index (Phi) is 7.81. The number of amides is 1. The highest BCUT2D eigenvalue weighted by Gasteiger charge is 2.58. The van der Waals surface area contributed by atoms with Gasteiger partial charge in [-0.3, -0.25) is 18.7 Å². The number of thioether (sulfide) groups is 2. The fraction of sp³-hybridized carbons (Fsp3) is 0.750. The molecule has 0 aliphatic carbocycles. The first kappa shape index (κ1) is 24.6. The number of carbonyl (C=O) groups excluding carboxylic acids is 3. The van der Waals surface area contributed by atoms with Crippen molar-refractivity contribution in [3.63, 3.8) is 0 Å². The van der Waals surface area contributed by atoms with E-state index in [4.69, 9.17) is 9.47 Å². The Morgan fingerprint density at radius 1 is 1.39 bits per heavy atom. The van der Waals surface area contributed by atoms with Gasteiger partial charge < -0.3 is 14.6 Å². The van der Waals surface area contributed by atoms with Crippen LogP contribution in [0.15, 0.2) is 9.93 Å². The first-order valence-electron chi connectivity index (χ1n) is 10.3. The number of esters is 2. The summed E-state index contributed by atoms with van der Waals surface area (Å²) in [6.45, 7) is 6.55. The highest BCUT2D eigenvalue weighted by atomic mass is 32.2. The lowest BCUT2D eigenvalue weighted by Gasteiger charge is -2.43. The van der Waals surface area contributed by atoms with E-state index in [-0.39, 0.29) is 22.2 Å². The van der Waals surface area contributed by atoms with E-state index in [1.165, 1.54) is 28.4 Å². The van der Waals surface area contributed by atoms with Gasteiger partial charge in [0.05, 0.1) is 21.7 Å². The lowest BCUT2D eigenvalue weighted by Crippen LogP contribution is -2.60. The molecule has 0 radical (unpaired) electrons. The van der Waals surface area contributed by atoms with Gasteiger partial charge in [0.2, 0.25) is 12.7 Å². The number of ether oxygens (including phenoxy) is 2. The Labute approximate surface area is 193 Å². The largest absolute Gasteiger partial charge is 0.427 e. The highest BCUT2D eigenvalue weighted by Crippen LogP contribution is 2.55. The number of aliphatic hydroxyl groups is 1. The summed E-state index contributed by atoms with van der Waals surface area (Å²) in [6, 6.07) is 0. The van der Waals surface area contributed by atoms with Crippen LogP contribution in [0.25, 0.3) is 0 Å². The highest BCUT2D eigenvalue weighted by molar-refractivity contribution is 8.23. The third-order valence-corrected chi connectivity index (χ3v) is 10.1. The van der Waals surface area contributed by atoms with Crippen LogP contribution in [0.1, 0.15) is 47.0 Å². The second-order valence-corrected chi connectivity index (χ2v) is 12.9. The molecule has 1 N–H and O–H groups in total. The molecule has 0 unspecified atom stereocenters. The SMILES string of the molecule is CCCC(C)(C)C(=O)OCOC(=O)C1=C(S[C@H]2CC[S@@](=O)C2)S[C@@H]2[C@@H]([C@@H](C)O)C(=O)N12. The zero-order chi connectivity index (χ0) is 22.9. The van der Waals surface area contributed by atoms with Crippen molar-refractivity contribution in [1.29, 1.82) is 0 Å². The summed E-state index contributed by atoms with van der Waals surface area (Å²) in [7, 11) is -0.866. The zero-order valence-electron chi connectivity index (χ0n) is 18.1. The minimum absolute atomic E-state index is 0.0950. The van der Waals surface area contributed by atoms with Crippen LogP contribution >= 0.6 is 23.5 Å². The molecule has 3 aliphatic rings. The maximum Gasteiger partial charge on any atom is 0.359 e. The van der Waals surface area contributed by atoms with E-state index in [0.717, 1.165) is 12.8 Å². The fourth-order valence-electron chi connectivity index (χ4n) is 3.83. The van der Waals surface area contributed by atoms with Crippen LogP contribution in [0, 0.1) is 11.3 Å². The molecule has 2 saturated heterocycles. The van der Waals surface area contributed by atoms with Gasteiger partial charge in [-0.1, -0.05) is 25.1 Å². The van der Waals surface area contributed by atoms with Gasteiger partial charge in [-0.05, 0) is 33.6 Å². The molecule has 0 aromatic heterocycles. The Bertz CT molecular complexity index is 811. The Morgan fingerprint density at radius 2 is 2.10 bits per heavy atom. The fourth-order valence-corrected chi connectivity index (χ4v) is 9.08. The van der Waals surface area contributed by atoms with Gasteiger partial charge in [-0.25, -0.2) is 4.79 Å². The molecule has 0 bridgehead atoms. The smallest absolute Gasteiger partial charge is 0.359 e. The number of carbonyl (C=O) groups is 3. The summed E-state index contributed by atoms with van der Waals surface area (Å²) in [4.78, 5) is 39.0. The number of rotatable bonds is 9. The minimum atomic E-state index is -0.866. The summed E-state index contributed by atoms with van der Waals surface area (Å²) in [5, 5.41) is 9.67. The molecule has 0 aromatic carbocycles. The number of hydrogen-bond acceptors (Lipinski definition) is 9. The van der Waals surface area contributed by atoms with E-state index in [1.54, 1.807) is 20.8 Å². The number of nitrogens with zero attached hydrogens (tertiary/aromatic N) is 1. The van der Waals surface area contributed by atoms with E-state index >= 15 is 0 Å². The van der Waals surface area contributed by atoms with Gasteiger partial charge in [-0.15, -0.1) is 11.8 Å². The maximum atomic E-state index is 12.8. The van der Waals surface area contributed by atoms with Gasteiger partial charge in [0.15, 0.2) is 5.70 Å². The molecule has 3 heterocycles. The third kappa shape index (κ3) is 5.15. The molecule has 2 fully saturated rings. The molecule has 5 atom stereocenters. The van der Waals surface area contributed by atoms with E-state index in [0.29, 0.717) is 22.2 Å². The summed E-state index contributed by atoms with van der Waals surface area (Å²) < 4.78 is 22.7. The van der Waals surface area contributed by atoms with Crippen LogP contribution in [0.2, 0.25) is 0 Å². The Balaban J connectivity index is 1.69. The average Bonchev–Trinajstić information content (AvgIpc) is 3.22. The average molecular weight is 492 g/mol. The molecule has 0 aromatic rings. The topological polar surface area (TPSA) is 110 Å². The summed E-state index contributed by atoms with van der Waals surface area (Å²) >= 11 is 2.79. The monoisotopic (exact) mass is 491 g/mol. The van der Waals surface area contributed by atoms with Crippen molar-refractivity contribution in [3.05, 3.63) is 9.93 Å². The maximum absolute atomic E-state index is 12.8. The Morgan fingerprint density at radius 3 is 2.68 bits per heavy atom. The molecule has 174 valence electrons. The summed E-state index contributed by atoms with van der Waals surface area (Å²) in [5.41, 5.74) is -0.547. The lowest BCUT2D eigenvalue weighted by atomic mass is 9.88. The van der Waals surface area contributed by atoms with E-state index in [2.05, 4.69) is 0 Å². The molecule has 1 amide bonds. The summed E-state index contributed by atoms with van der Waals surface area (Å²) in [5.74, 6) is -0.939. The third-order valence-electron chi connectivity index (χ3n) is 5.58. The quantitative estimate of drug-likeness (QED) is 0.295. The van der Waals surface area contributed by atoms with Crippen LogP contribution in [-0.4, -0.2) is 67.1 Å². The lowest BCUT2D eigenvalue weighted by molar-refractivity contribution is -0.175. The molecule has 3 rings (SSSR count). The van der Waals surface area contributed by atoms with Crippen molar-refractivity contribution >= 4 is 52.2 Å². The van der Waals surface area contributed by atoms with Crippen molar-refractivity contribution in [2.24, 2.45) is 11.3 Å². The standard InChI is InChI=1S/C20H29NO7S3/c1-5-7-20(3,4)19(25)28-10-27-17(24)14-18(29-12-6-8-31(26)9-12)30-16-13(11(2)22)15(23)21(14)16/h11-13,16,22H,5-10H2,1-4H3/t11-,12+,13+,16-,31-/m1/s1. The first-order chi connectivity index (χ1) is 14.6. The molecular weight excluding hydrogens is 462 g/mol. The molecular formula is C20H29NO7S3. The second kappa shape index (κ2) is 9.84. The predicted octanol–water partition coefficient (Wildman–Crippen LogP) is 2.19. The first-order valence-corrected chi connectivity index (χ1v) is 13.6. The van der Waals surface area contributed by atoms with Gasteiger partial charge in [0.1, 0.15) is 5.37 Å². The normalized spacial score (nSPS) is 28.9. The van der Waals surface area contributed by atoms with Gasteiger partial charge in [0, 0.05) is 27.6 Å². The molecule has 0 spiro atoms. The van der Waals surface area contributed by atoms with Crippen molar-refractivity contribution in [2.75, 3.05) is 18.3 Å². The van der Waals surface area contributed by atoms with Gasteiger partial charge in [-0.2, -0.15) is 0 Å². The van der Waals surface area contributed by atoms with Crippen molar-refractivity contribution < 1.29 is 33.2 Å². The van der Waals surface area contributed by atoms with Crippen LogP contribution in [0.3, 0.4) is 0 Å². The van der Waals surface area contributed by atoms with Gasteiger partial charge in [0.25, 0.3) is 0 Å².